The number of nitrogen functional groups attached to an aromatic ring is 1. The van der Waals surface area contributed by atoms with Crippen LogP contribution in [0.1, 0.15) is 23.7 Å². The first-order valence-electron chi connectivity index (χ1n) is 5.97. The third kappa shape index (κ3) is 2.69. The summed E-state index contributed by atoms with van der Waals surface area (Å²) < 4.78 is 0. The molecule has 0 bridgehead atoms. The molecule has 1 aliphatic heterocycles. The van der Waals surface area contributed by atoms with E-state index in [1.165, 1.54) is 6.20 Å². The fraction of sp³-hybridized carbons (Fsp3) is 0.500. The quantitative estimate of drug-likeness (QED) is 0.867. The van der Waals surface area contributed by atoms with Crippen LogP contribution in [0.15, 0.2) is 12.3 Å². The fourth-order valence-electron chi connectivity index (χ4n) is 1.99. The second-order valence-corrected chi connectivity index (χ2v) is 5.69. The van der Waals surface area contributed by atoms with E-state index in [1.807, 2.05) is 11.8 Å². The number of carbonyl (C=O) groups is 1. The first kappa shape index (κ1) is 13.0. The van der Waals surface area contributed by atoms with Gasteiger partial charge in [-0.15, -0.1) is 0 Å². The molecule has 0 aromatic carbocycles. The Morgan fingerprint density at radius 3 is 3.17 bits per heavy atom. The Labute approximate surface area is 110 Å². The zero-order valence-corrected chi connectivity index (χ0v) is 11.1. The Bertz CT molecular complexity index is 453. The van der Waals surface area contributed by atoms with Gasteiger partial charge in [0, 0.05) is 24.1 Å². The summed E-state index contributed by atoms with van der Waals surface area (Å²) in [6, 6.07) is 1.57. The Balaban J connectivity index is 2.22. The van der Waals surface area contributed by atoms with Gasteiger partial charge in [0.05, 0.1) is 17.4 Å². The highest BCUT2D eigenvalue weighted by Crippen LogP contribution is 2.26. The molecule has 2 rings (SSSR count). The average molecular weight is 267 g/mol. The van der Waals surface area contributed by atoms with E-state index < -0.39 is 5.97 Å². The lowest BCUT2D eigenvalue weighted by molar-refractivity contribution is 0.0698. The van der Waals surface area contributed by atoms with Crippen molar-refractivity contribution in [2.24, 2.45) is 0 Å². The van der Waals surface area contributed by atoms with Crippen LogP contribution >= 0.6 is 11.8 Å². The predicted octanol–water partition coefficient (Wildman–Crippen LogP) is 1.69. The van der Waals surface area contributed by atoms with Crippen LogP contribution in [-0.2, 0) is 0 Å². The van der Waals surface area contributed by atoms with Gasteiger partial charge in [-0.3, -0.25) is 0 Å². The zero-order chi connectivity index (χ0) is 13.1. The van der Waals surface area contributed by atoms with E-state index in [0.717, 1.165) is 25.3 Å². The number of aromatic carboxylic acids is 1. The van der Waals surface area contributed by atoms with E-state index in [1.54, 1.807) is 6.07 Å². The number of aromatic nitrogens is 1. The first-order chi connectivity index (χ1) is 8.61. The number of hydrogen-bond donors (Lipinski definition) is 2. The van der Waals surface area contributed by atoms with Crippen molar-refractivity contribution < 1.29 is 9.90 Å². The van der Waals surface area contributed by atoms with E-state index in [-0.39, 0.29) is 11.3 Å². The normalized spacial score (nSPS) is 19.8. The van der Waals surface area contributed by atoms with Gasteiger partial charge < -0.3 is 15.7 Å². The van der Waals surface area contributed by atoms with Crippen LogP contribution in [-0.4, -0.2) is 40.2 Å². The fourth-order valence-corrected chi connectivity index (χ4v) is 3.17. The number of carboxylic acid groups (broad SMARTS) is 1. The molecule has 0 radical (unpaired) electrons. The third-order valence-electron chi connectivity index (χ3n) is 3.07. The largest absolute Gasteiger partial charge is 0.478 e. The molecule has 6 heteroatoms. The minimum absolute atomic E-state index is 0.131. The van der Waals surface area contributed by atoms with Gasteiger partial charge in [0.15, 0.2) is 0 Å². The minimum Gasteiger partial charge on any atom is -0.478 e. The molecule has 1 aromatic heterocycles. The molecule has 1 fully saturated rings. The van der Waals surface area contributed by atoms with Crippen molar-refractivity contribution in [3.8, 4) is 0 Å². The maximum atomic E-state index is 11.0. The molecule has 1 aliphatic rings. The lowest BCUT2D eigenvalue weighted by Gasteiger charge is -2.32. The number of thioether (sulfide) groups is 1. The summed E-state index contributed by atoms with van der Waals surface area (Å²) in [6.07, 6.45) is 2.55. The number of carboxylic acids is 1. The van der Waals surface area contributed by atoms with Crippen molar-refractivity contribution in [2.45, 2.75) is 18.6 Å². The second kappa shape index (κ2) is 5.48. The van der Waals surface area contributed by atoms with Crippen molar-refractivity contribution in [1.82, 2.24) is 4.98 Å². The standard InChI is InChI=1S/C12H17N3O2S/c1-2-8-7-15(3-4-18-8)11-5-9(12(16)17)10(13)6-14-11/h5-6,8H,2-4,7,13H2,1H3,(H,16,17). The molecule has 1 unspecified atom stereocenters. The van der Waals surface area contributed by atoms with E-state index in [9.17, 15) is 4.79 Å². The number of nitrogens with zero attached hydrogens (tertiary/aromatic N) is 2. The Morgan fingerprint density at radius 1 is 1.72 bits per heavy atom. The van der Waals surface area contributed by atoms with Crippen LogP contribution in [0, 0.1) is 0 Å². The molecule has 0 spiro atoms. The molecule has 1 atom stereocenters. The average Bonchev–Trinajstić information content (AvgIpc) is 2.39. The molecular weight excluding hydrogens is 250 g/mol. The SMILES string of the molecule is CCC1CN(c2cc(C(=O)O)c(N)cn2)CCS1. The highest BCUT2D eigenvalue weighted by atomic mass is 32.2. The monoisotopic (exact) mass is 267 g/mol. The van der Waals surface area contributed by atoms with E-state index >= 15 is 0 Å². The smallest absolute Gasteiger partial charge is 0.337 e. The number of hydrogen-bond acceptors (Lipinski definition) is 5. The van der Waals surface area contributed by atoms with Gasteiger partial charge in [-0.05, 0) is 12.5 Å². The van der Waals surface area contributed by atoms with Gasteiger partial charge in [-0.25, -0.2) is 9.78 Å². The topological polar surface area (TPSA) is 79.5 Å². The first-order valence-corrected chi connectivity index (χ1v) is 7.02. The van der Waals surface area contributed by atoms with Crippen molar-refractivity contribution in [2.75, 3.05) is 29.5 Å². The molecule has 0 saturated carbocycles. The zero-order valence-electron chi connectivity index (χ0n) is 10.3. The van der Waals surface area contributed by atoms with E-state index in [0.29, 0.717) is 11.1 Å². The lowest BCUT2D eigenvalue weighted by atomic mass is 10.2. The highest BCUT2D eigenvalue weighted by Gasteiger charge is 2.21. The van der Waals surface area contributed by atoms with Crippen LogP contribution in [0.3, 0.4) is 0 Å². The Hall–Kier alpha value is -1.43. The molecule has 98 valence electrons. The van der Waals surface area contributed by atoms with E-state index in [2.05, 4.69) is 16.8 Å². The van der Waals surface area contributed by atoms with Gasteiger partial charge in [0.25, 0.3) is 0 Å². The molecule has 0 aliphatic carbocycles. The van der Waals surface area contributed by atoms with Crippen LogP contribution in [0.5, 0.6) is 0 Å². The van der Waals surface area contributed by atoms with Crippen LogP contribution < -0.4 is 10.6 Å². The number of anilines is 2. The van der Waals surface area contributed by atoms with Crippen LogP contribution in [0.25, 0.3) is 0 Å². The van der Waals surface area contributed by atoms with Crippen molar-refractivity contribution in [1.29, 1.82) is 0 Å². The molecule has 5 nitrogen and oxygen atoms in total. The molecular formula is C12H17N3O2S. The van der Waals surface area contributed by atoms with Crippen molar-refractivity contribution in [3.05, 3.63) is 17.8 Å². The van der Waals surface area contributed by atoms with Crippen LogP contribution in [0.2, 0.25) is 0 Å². The summed E-state index contributed by atoms with van der Waals surface area (Å²) in [6.45, 7) is 3.98. The van der Waals surface area contributed by atoms with E-state index in [4.69, 9.17) is 10.8 Å². The second-order valence-electron chi connectivity index (χ2n) is 4.28. The van der Waals surface area contributed by atoms with Gasteiger partial charge >= 0.3 is 5.97 Å². The summed E-state index contributed by atoms with van der Waals surface area (Å²) in [5.74, 6) is 0.752. The highest BCUT2D eigenvalue weighted by molar-refractivity contribution is 8.00. The molecule has 2 heterocycles. The summed E-state index contributed by atoms with van der Waals surface area (Å²) in [7, 11) is 0. The third-order valence-corrected chi connectivity index (χ3v) is 4.44. The Morgan fingerprint density at radius 2 is 2.50 bits per heavy atom. The maximum Gasteiger partial charge on any atom is 0.337 e. The molecule has 3 N–H and O–H groups in total. The van der Waals surface area contributed by atoms with Crippen molar-refractivity contribution in [3.63, 3.8) is 0 Å². The summed E-state index contributed by atoms with van der Waals surface area (Å²) in [5.41, 5.74) is 5.95. The minimum atomic E-state index is -1.01. The van der Waals surface area contributed by atoms with Gasteiger partial charge in [0.2, 0.25) is 0 Å². The molecule has 18 heavy (non-hydrogen) atoms. The molecule has 1 aromatic rings. The van der Waals surface area contributed by atoms with Gasteiger partial charge in [-0.2, -0.15) is 11.8 Å². The number of rotatable bonds is 3. The predicted molar refractivity (Wildman–Crippen MR) is 74.4 cm³/mol. The summed E-state index contributed by atoms with van der Waals surface area (Å²) >= 11 is 1.96. The Kier molecular flexibility index (Phi) is 3.96. The van der Waals surface area contributed by atoms with Gasteiger partial charge in [-0.1, -0.05) is 6.92 Å². The summed E-state index contributed by atoms with van der Waals surface area (Å²) in [5, 5.41) is 9.65. The van der Waals surface area contributed by atoms with Gasteiger partial charge in [0.1, 0.15) is 5.82 Å². The molecule has 1 saturated heterocycles. The summed E-state index contributed by atoms with van der Waals surface area (Å²) in [4.78, 5) is 17.4. The lowest BCUT2D eigenvalue weighted by Crippen LogP contribution is -2.38. The number of nitrogens with two attached hydrogens (primary N) is 1. The number of pyridine rings is 1. The maximum absolute atomic E-state index is 11.0. The molecule has 0 amide bonds. The van der Waals surface area contributed by atoms with Crippen molar-refractivity contribution >= 4 is 29.2 Å². The van der Waals surface area contributed by atoms with Crippen LogP contribution in [0.4, 0.5) is 11.5 Å².